The quantitative estimate of drug-likeness (QED) is 0.749. The van der Waals surface area contributed by atoms with E-state index in [1.807, 2.05) is 6.07 Å². The summed E-state index contributed by atoms with van der Waals surface area (Å²) in [6.45, 7) is 8.92. The molecule has 0 atom stereocenters. The molecule has 9 nitrogen and oxygen atoms in total. The first-order valence-electron chi connectivity index (χ1n) is 7.79. The molecule has 0 aliphatic rings. The number of H-pyrrole nitrogens is 1. The van der Waals surface area contributed by atoms with Gasteiger partial charge in [0.1, 0.15) is 16.7 Å². The molecule has 1 amide bonds. The summed E-state index contributed by atoms with van der Waals surface area (Å²) < 4.78 is 10.6. The van der Waals surface area contributed by atoms with Crippen LogP contribution in [0, 0.1) is 0 Å². The lowest BCUT2D eigenvalue weighted by Crippen LogP contribution is -2.44. The van der Waals surface area contributed by atoms with Crippen molar-refractivity contribution in [2.24, 2.45) is 0 Å². The second-order valence-corrected chi connectivity index (χ2v) is 7.20. The van der Waals surface area contributed by atoms with E-state index in [1.54, 1.807) is 47.0 Å². The number of rotatable bonds is 3. The highest BCUT2D eigenvalue weighted by Gasteiger charge is 2.31. The highest BCUT2D eigenvalue weighted by atomic mass is 16.6. The van der Waals surface area contributed by atoms with Crippen molar-refractivity contribution in [2.45, 2.75) is 45.8 Å². The highest BCUT2D eigenvalue weighted by Crippen LogP contribution is 2.24. The van der Waals surface area contributed by atoms with Crippen LogP contribution in [0.1, 0.15) is 40.4 Å². The van der Waals surface area contributed by atoms with Gasteiger partial charge in [0.25, 0.3) is 5.89 Å². The van der Waals surface area contributed by atoms with Crippen LogP contribution in [0.15, 0.2) is 23.0 Å². The van der Waals surface area contributed by atoms with E-state index < -0.39 is 17.2 Å². The average molecular weight is 344 g/mol. The van der Waals surface area contributed by atoms with Gasteiger partial charge in [0, 0.05) is 6.20 Å². The number of nitrogens with one attached hydrogen (secondary N) is 2. The van der Waals surface area contributed by atoms with Crippen molar-refractivity contribution in [1.82, 2.24) is 30.6 Å². The van der Waals surface area contributed by atoms with Gasteiger partial charge < -0.3 is 14.6 Å². The number of fused-ring (bicyclic) bond motifs is 1. The topological polar surface area (TPSA) is 119 Å². The monoisotopic (exact) mass is 344 g/mol. The summed E-state index contributed by atoms with van der Waals surface area (Å²) in [6.07, 6.45) is 2.71. The third kappa shape index (κ3) is 3.76. The van der Waals surface area contributed by atoms with Gasteiger partial charge in [0.2, 0.25) is 0 Å². The van der Waals surface area contributed by atoms with Gasteiger partial charge in [-0.1, -0.05) is 5.16 Å². The number of hydrogen-bond acceptors (Lipinski definition) is 7. The molecular formula is C16H20N6O3. The summed E-state index contributed by atoms with van der Waals surface area (Å²) in [6, 6.07) is 1.82. The predicted molar refractivity (Wildman–Crippen MR) is 89.6 cm³/mol. The average Bonchev–Trinajstić information content (AvgIpc) is 3.13. The van der Waals surface area contributed by atoms with Crippen molar-refractivity contribution in [3.05, 3.63) is 24.3 Å². The molecule has 0 fully saturated rings. The normalized spacial score (nSPS) is 12.4. The van der Waals surface area contributed by atoms with Gasteiger partial charge in [-0.3, -0.25) is 10.1 Å². The van der Waals surface area contributed by atoms with Crippen molar-refractivity contribution in [3.8, 4) is 11.5 Å². The van der Waals surface area contributed by atoms with E-state index in [9.17, 15) is 4.79 Å². The lowest BCUT2D eigenvalue weighted by atomic mass is 10.1. The van der Waals surface area contributed by atoms with E-state index in [4.69, 9.17) is 9.26 Å². The van der Waals surface area contributed by atoms with E-state index >= 15 is 0 Å². The van der Waals surface area contributed by atoms with E-state index in [-0.39, 0.29) is 0 Å². The first-order chi connectivity index (χ1) is 11.6. The third-order valence-electron chi connectivity index (χ3n) is 3.34. The first-order valence-corrected chi connectivity index (χ1v) is 7.79. The van der Waals surface area contributed by atoms with Crippen molar-refractivity contribution < 1.29 is 14.1 Å². The van der Waals surface area contributed by atoms with Crippen molar-refractivity contribution >= 4 is 17.1 Å². The third-order valence-corrected chi connectivity index (χ3v) is 3.34. The van der Waals surface area contributed by atoms with Crippen molar-refractivity contribution in [2.75, 3.05) is 0 Å². The molecule has 3 aromatic rings. The van der Waals surface area contributed by atoms with Gasteiger partial charge in [-0.15, -0.1) is 0 Å². The fraction of sp³-hybridized carbons (Fsp3) is 0.438. The Hall–Kier alpha value is -2.97. The molecule has 0 aliphatic carbocycles. The number of aromatic nitrogens is 5. The van der Waals surface area contributed by atoms with E-state index in [2.05, 4.69) is 30.6 Å². The Labute approximate surface area is 144 Å². The van der Waals surface area contributed by atoms with Gasteiger partial charge in [-0.2, -0.15) is 10.1 Å². The molecule has 0 aromatic carbocycles. The number of carbonyl (C=O) groups is 1. The predicted octanol–water partition coefficient (Wildman–Crippen LogP) is 2.77. The molecule has 25 heavy (non-hydrogen) atoms. The molecule has 3 rings (SSSR count). The summed E-state index contributed by atoms with van der Waals surface area (Å²) in [5, 5.41) is 13.5. The second kappa shape index (κ2) is 5.83. The number of alkyl carbamates (subject to hydrolysis) is 1. The maximum atomic E-state index is 12.0. The largest absolute Gasteiger partial charge is 0.444 e. The molecule has 3 heterocycles. The highest BCUT2D eigenvalue weighted by molar-refractivity contribution is 5.77. The Balaban J connectivity index is 1.80. The number of amides is 1. The lowest BCUT2D eigenvalue weighted by Gasteiger charge is -2.26. The smallest absolute Gasteiger partial charge is 0.408 e. The van der Waals surface area contributed by atoms with Crippen LogP contribution in [0.3, 0.4) is 0 Å². The zero-order chi connectivity index (χ0) is 18.2. The maximum absolute atomic E-state index is 12.0. The summed E-state index contributed by atoms with van der Waals surface area (Å²) in [7, 11) is 0. The van der Waals surface area contributed by atoms with Crippen LogP contribution < -0.4 is 5.32 Å². The number of hydrogen-bond donors (Lipinski definition) is 2. The molecule has 9 heteroatoms. The summed E-state index contributed by atoms with van der Waals surface area (Å²) in [5.41, 5.74) is 0.714. The van der Waals surface area contributed by atoms with Crippen molar-refractivity contribution in [3.63, 3.8) is 0 Å². The molecule has 0 radical (unpaired) electrons. The number of nitrogens with zero attached hydrogens (tertiary/aromatic N) is 4. The van der Waals surface area contributed by atoms with Crippen LogP contribution in [-0.2, 0) is 10.3 Å². The van der Waals surface area contributed by atoms with E-state index in [0.717, 1.165) is 11.0 Å². The van der Waals surface area contributed by atoms with Gasteiger partial charge in [0.15, 0.2) is 5.82 Å². The number of ether oxygens (including phenoxy) is 1. The van der Waals surface area contributed by atoms with Crippen molar-refractivity contribution in [1.29, 1.82) is 0 Å². The molecule has 3 aromatic heterocycles. The van der Waals surface area contributed by atoms with E-state index in [1.165, 1.54) is 0 Å². The Bertz CT molecular complexity index is 906. The molecule has 0 saturated carbocycles. The molecule has 2 N–H and O–H groups in total. The Morgan fingerprint density at radius 2 is 2.00 bits per heavy atom. The zero-order valence-corrected chi connectivity index (χ0v) is 14.7. The second-order valence-electron chi connectivity index (χ2n) is 7.20. The van der Waals surface area contributed by atoms with Crippen LogP contribution in [0.5, 0.6) is 0 Å². The molecule has 0 saturated heterocycles. The van der Waals surface area contributed by atoms with Gasteiger partial charge in [0.05, 0.1) is 17.3 Å². The molecule has 0 bridgehead atoms. The van der Waals surface area contributed by atoms with Crippen LogP contribution in [0.25, 0.3) is 22.5 Å². The lowest BCUT2D eigenvalue weighted by molar-refractivity contribution is 0.0465. The van der Waals surface area contributed by atoms with Crippen LogP contribution >= 0.6 is 0 Å². The summed E-state index contributed by atoms with van der Waals surface area (Å²) in [4.78, 5) is 20.6. The first kappa shape index (κ1) is 16.9. The summed E-state index contributed by atoms with van der Waals surface area (Å²) in [5.74, 6) is 0.635. The minimum Gasteiger partial charge on any atom is -0.444 e. The minimum atomic E-state index is -0.865. The van der Waals surface area contributed by atoms with Gasteiger partial charge in [-0.25, -0.2) is 4.79 Å². The Morgan fingerprint density at radius 1 is 1.24 bits per heavy atom. The van der Waals surface area contributed by atoms with Gasteiger partial charge >= 0.3 is 6.09 Å². The van der Waals surface area contributed by atoms with Crippen LogP contribution in [-0.4, -0.2) is 37.0 Å². The van der Waals surface area contributed by atoms with Gasteiger partial charge in [-0.05, 0) is 40.7 Å². The fourth-order valence-corrected chi connectivity index (χ4v) is 2.16. The Kier molecular flexibility index (Phi) is 3.94. The molecule has 132 valence electrons. The SMILES string of the molecule is CC(C)(C)OC(=O)NC(C)(C)c1noc(-c2cnc3cn[nH]c3c2)n1. The molecule has 0 unspecified atom stereocenters. The number of pyridine rings is 1. The minimum absolute atomic E-state index is 0.304. The van der Waals surface area contributed by atoms with Crippen LogP contribution in [0.2, 0.25) is 0 Å². The summed E-state index contributed by atoms with van der Waals surface area (Å²) >= 11 is 0. The Morgan fingerprint density at radius 3 is 2.72 bits per heavy atom. The maximum Gasteiger partial charge on any atom is 0.408 e. The fourth-order valence-electron chi connectivity index (χ4n) is 2.16. The molecule has 0 aliphatic heterocycles. The molecule has 0 spiro atoms. The standard InChI is InChI=1S/C16H20N6O3/c1-15(2,3)24-14(23)20-16(4,5)13-19-12(25-22-13)9-6-10-11(17-7-9)8-18-21-10/h6-8H,1-5H3,(H,18,21)(H,20,23). The molecular weight excluding hydrogens is 324 g/mol. The number of carbonyl (C=O) groups excluding carboxylic acids is 1. The zero-order valence-electron chi connectivity index (χ0n) is 14.7. The van der Waals surface area contributed by atoms with Crippen LogP contribution in [0.4, 0.5) is 4.79 Å². The number of aromatic amines is 1. The van der Waals surface area contributed by atoms with E-state index in [0.29, 0.717) is 17.3 Å².